The Labute approximate surface area is 201 Å². The molecule has 1 aliphatic rings. The molecule has 1 fully saturated rings. The number of rotatable bonds is 5. The number of hydrogen-bond donors (Lipinski definition) is 0. The molecule has 35 heavy (non-hydrogen) atoms. The van der Waals surface area contributed by atoms with Gasteiger partial charge in [-0.25, -0.2) is 9.97 Å². The van der Waals surface area contributed by atoms with E-state index in [0.29, 0.717) is 34.6 Å². The van der Waals surface area contributed by atoms with Gasteiger partial charge in [0.2, 0.25) is 5.89 Å². The second-order valence-corrected chi connectivity index (χ2v) is 8.88. The van der Waals surface area contributed by atoms with Gasteiger partial charge in [0.05, 0.1) is 6.33 Å². The molecule has 0 N–H and O–H groups in total. The number of piperidine rings is 1. The summed E-state index contributed by atoms with van der Waals surface area (Å²) in [6, 6.07) is 19.9. The van der Waals surface area contributed by atoms with Crippen molar-refractivity contribution in [2.75, 3.05) is 18.0 Å². The number of fused-ring (bicyclic) bond motifs is 2. The van der Waals surface area contributed by atoms with Crippen LogP contribution < -0.4 is 10.5 Å². The van der Waals surface area contributed by atoms with Crippen LogP contribution in [-0.4, -0.2) is 32.2 Å². The van der Waals surface area contributed by atoms with Crippen molar-refractivity contribution in [3.8, 4) is 6.07 Å². The van der Waals surface area contributed by atoms with Crippen molar-refractivity contribution >= 4 is 28.0 Å². The first-order valence-electron chi connectivity index (χ1n) is 11.9. The molecule has 4 heterocycles. The minimum absolute atomic E-state index is 0.161. The first kappa shape index (κ1) is 21.2. The van der Waals surface area contributed by atoms with Crippen LogP contribution in [0.5, 0.6) is 0 Å². The molecule has 1 saturated heterocycles. The van der Waals surface area contributed by atoms with Crippen molar-refractivity contribution in [3.63, 3.8) is 0 Å². The number of anilines is 1. The molecule has 2 aromatic carbocycles. The lowest BCUT2D eigenvalue weighted by Gasteiger charge is -2.30. The molecule has 174 valence electrons. The van der Waals surface area contributed by atoms with Gasteiger partial charge >= 0.3 is 0 Å². The third-order valence-corrected chi connectivity index (χ3v) is 6.59. The summed E-state index contributed by atoms with van der Waals surface area (Å²) in [6.45, 7) is 2.36. The van der Waals surface area contributed by atoms with Gasteiger partial charge in [0.1, 0.15) is 40.5 Å². The van der Waals surface area contributed by atoms with Crippen molar-refractivity contribution in [1.82, 2.24) is 19.1 Å². The van der Waals surface area contributed by atoms with Crippen LogP contribution >= 0.6 is 0 Å². The third-order valence-electron chi connectivity index (χ3n) is 6.59. The highest BCUT2D eigenvalue weighted by atomic mass is 16.3. The van der Waals surface area contributed by atoms with E-state index in [1.54, 1.807) is 0 Å². The quantitative estimate of drug-likeness (QED) is 0.385. The van der Waals surface area contributed by atoms with Crippen LogP contribution in [0.2, 0.25) is 0 Å². The molecule has 3 aromatic heterocycles. The van der Waals surface area contributed by atoms with Gasteiger partial charge in [-0.2, -0.15) is 5.26 Å². The molecule has 0 spiro atoms. The summed E-state index contributed by atoms with van der Waals surface area (Å²) < 4.78 is 9.33. The summed E-state index contributed by atoms with van der Waals surface area (Å²) in [6.07, 6.45) is 4.79. The van der Waals surface area contributed by atoms with E-state index >= 15 is 0 Å². The largest absolute Gasteiger partial charge is 0.439 e. The molecule has 0 amide bonds. The highest BCUT2D eigenvalue weighted by molar-refractivity contribution is 5.89. The van der Waals surface area contributed by atoms with Crippen LogP contribution in [0.25, 0.3) is 22.1 Å². The van der Waals surface area contributed by atoms with Crippen molar-refractivity contribution in [2.24, 2.45) is 0 Å². The molecular formula is C27H24N6O2. The zero-order valence-corrected chi connectivity index (χ0v) is 19.2. The fourth-order valence-corrected chi connectivity index (χ4v) is 4.95. The maximum absolute atomic E-state index is 13.8. The van der Waals surface area contributed by atoms with Crippen LogP contribution in [-0.2, 0) is 13.1 Å². The minimum Gasteiger partial charge on any atom is -0.439 e. The number of para-hydroxylation sites is 2. The summed E-state index contributed by atoms with van der Waals surface area (Å²) in [5, 5.41) is 10.1. The number of nitrogens with zero attached hydrogens (tertiary/aromatic N) is 6. The molecule has 0 atom stereocenters. The minimum atomic E-state index is -0.215. The number of hydrogen-bond acceptors (Lipinski definition) is 6. The second-order valence-electron chi connectivity index (χ2n) is 8.88. The lowest BCUT2D eigenvalue weighted by atomic mass is 10.1. The van der Waals surface area contributed by atoms with E-state index in [9.17, 15) is 10.1 Å². The van der Waals surface area contributed by atoms with E-state index in [2.05, 4.69) is 20.9 Å². The van der Waals surface area contributed by atoms with Gasteiger partial charge in [0.15, 0.2) is 5.58 Å². The number of nitriles is 1. The average Bonchev–Trinajstić information content (AvgIpc) is 3.45. The third kappa shape index (κ3) is 3.75. The van der Waals surface area contributed by atoms with Gasteiger partial charge in [-0.1, -0.05) is 42.5 Å². The van der Waals surface area contributed by atoms with Gasteiger partial charge in [-0.05, 0) is 37.0 Å². The van der Waals surface area contributed by atoms with E-state index in [1.165, 1.54) is 17.3 Å². The van der Waals surface area contributed by atoms with Crippen molar-refractivity contribution in [2.45, 2.75) is 32.4 Å². The fourth-order valence-electron chi connectivity index (χ4n) is 4.95. The van der Waals surface area contributed by atoms with Gasteiger partial charge < -0.3 is 13.9 Å². The Morgan fingerprint density at radius 3 is 2.51 bits per heavy atom. The van der Waals surface area contributed by atoms with Crippen molar-refractivity contribution < 1.29 is 4.42 Å². The summed E-state index contributed by atoms with van der Waals surface area (Å²) in [5.74, 6) is 1.22. The summed E-state index contributed by atoms with van der Waals surface area (Å²) in [5.41, 5.74) is 3.61. The van der Waals surface area contributed by atoms with Crippen LogP contribution in [0.15, 0.2) is 70.1 Å². The summed E-state index contributed by atoms with van der Waals surface area (Å²) in [4.78, 5) is 25.2. The lowest BCUT2D eigenvalue weighted by molar-refractivity contribution is 0.502. The normalized spacial score (nSPS) is 14.0. The van der Waals surface area contributed by atoms with E-state index in [1.807, 2.05) is 59.2 Å². The van der Waals surface area contributed by atoms with Crippen LogP contribution in [0.1, 0.15) is 36.3 Å². The maximum Gasteiger partial charge on any atom is 0.278 e. The van der Waals surface area contributed by atoms with E-state index in [4.69, 9.17) is 4.42 Å². The van der Waals surface area contributed by atoms with Crippen LogP contribution in [0, 0.1) is 11.3 Å². The fraction of sp³-hybridized carbons (Fsp3) is 0.259. The van der Waals surface area contributed by atoms with Gasteiger partial charge in [-0.15, -0.1) is 0 Å². The van der Waals surface area contributed by atoms with Gasteiger partial charge in [0, 0.05) is 19.6 Å². The molecule has 0 saturated carbocycles. The Morgan fingerprint density at radius 1 is 0.971 bits per heavy atom. The van der Waals surface area contributed by atoms with Crippen molar-refractivity contribution in [1.29, 1.82) is 5.26 Å². The Bertz CT molecular complexity index is 1580. The molecule has 8 heteroatoms. The number of benzene rings is 2. The number of aromatic nitrogens is 4. The molecule has 0 aliphatic carbocycles. The summed E-state index contributed by atoms with van der Waals surface area (Å²) >= 11 is 0. The molecular weight excluding hydrogens is 440 g/mol. The Balaban J connectivity index is 1.52. The number of oxazole rings is 1. The average molecular weight is 465 g/mol. The monoisotopic (exact) mass is 464 g/mol. The first-order valence-corrected chi connectivity index (χ1v) is 11.9. The van der Waals surface area contributed by atoms with Crippen LogP contribution in [0.3, 0.4) is 0 Å². The van der Waals surface area contributed by atoms with Gasteiger partial charge in [0.25, 0.3) is 5.56 Å². The van der Waals surface area contributed by atoms with Crippen molar-refractivity contribution in [3.05, 3.63) is 88.3 Å². The highest BCUT2D eigenvalue weighted by Crippen LogP contribution is 2.32. The van der Waals surface area contributed by atoms with Gasteiger partial charge in [-0.3, -0.25) is 9.36 Å². The zero-order chi connectivity index (χ0) is 23.8. The van der Waals surface area contributed by atoms with E-state index in [0.717, 1.165) is 42.8 Å². The molecule has 8 nitrogen and oxygen atoms in total. The van der Waals surface area contributed by atoms with E-state index in [-0.39, 0.29) is 12.1 Å². The summed E-state index contributed by atoms with van der Waals surface area (Å²) in [7, 11) is 0. The molecule has 0 bridgehead atoms. The molecule has 1 aliphatic heterocycles. The highest BCUT2D eigenvalue weighted by Gasteiger charge is 2.27. The standard InChI is InChI=1S/C27H24N6O2/c28-15-20-24-25(27(34)32(18-29-24)17-23-30-21-11-5-6-12-22(21)35-23)33(16-19-9-3-1-4-10-19)26(20)31-13-7-2-8-14-31/h1,3-6,9-12,18H,2,7-8,13-14,16-17H2. The Hall–Kier alpha value is -4.38. The predicted octanol–water partition coefficient (Wildman–Crippen LogP) is 4.30. The second kappa shape index (κ2) is 8.76. The maximum atomic E-state index is 13.8. The van der Waals surface area contributed by atoms with E-state index < -0.39 is 0 Å². The molecule has 0 radical (unpaired) electrons. The SMILES string of the molecule is N#Cc1c(N2CCCCC2)n(Cc2ccccc2)c2c(=O)n(Cc3nc4ccccc4o3)cnc12. The predicted molar refractivity (Wildman–Crippen MR) is 133 cm³/mol. The first-order chi connectivity index (χ1) is 17.2. The molecule has 5 aromatic rings. The van der Waals surface area contributed by atoms with Crippen LogP contribution in [0.4, 0.5) is 5.82 Å². The Kier molecular flexibility index (Phi) is 5.30. The molecule has 6 rings (SSSR count). The lowest BCUT2D eigenvalue weighted by Crippen LogP contribution is -2.32. The zero-order valence-electron chi connectivity index (χ0n) is 19.2. The topological polar surface area (TPSA) is 92.9 Å². The smallest absolute Gasteiger partial charge is 0.278 e. The Morgan fingerprint density at radius 2 is 1.74 bits per heavy atom. The molecule has 0 unspecified atom stereocenters.